The number of amides is 1. The van der Waals surface area contributed by atoms with Gasteiger partial charge in [0.25, 0.3) is 5.91 Å². The zero-order valence-corrected chi connectivity index (χ0v) is 14.8. The Morgan fingerprint density at radius 3 is 2.60 bits per heavy atom. The second-order valence-corrected chi connectivity index (χ2v) is 8.45. The molecule has 1 aromatic heterocycles. The van der Waals surface area contributed by atoms with Crippen LogP contribution < -0.4 is 10.6 Å². The predicted octanol–water partition coefficient (Wildman–Crippen LogP) is 1.66. The van der Waals surface area contributed by atoms with Crippen molar-refractivity contribution in [2.45, 2.75) is 19.0 Å². The number of nitrogens with one attached hydrogen (secondary N) is 2. The van der Waals surface area contributed by atoms with Gasteiger partial charge in [-0.1, -0.05) is 29.8 Å². The standard InChI is InChI=1S/C16H17ClN4O3S/c17-14-4-2-1-3-11(14)7-18-15(22)12-8-19-16(20-9-12)21-13-5-6-25(23,24)10-13/h1-4,8-9,13H,5-7,10H2,(H,18,22)(H,19,20,21). The summed E-state index contributed by atoms with van der Waals surface area (Å²) >= 11 is 6.05. The van der Waals surface area contributed by atoms with Gasteiger partial charge in [-0.25, -0.2) is 18.4 Å². The van der Waals surface area contributed by atoms with Gasteiger partial charge in [0, 0.05) is 30.0 Å². The van der Waals surface area contributed by atoms with Crippen LogP contribution in [0.1, 0.15) is 22.3 Å². The molecule has 0 bridgehead atoms. The van der Waals surface area contributed by atoms with E-state index in [1.54, 1.807) is 6.07 Å². The molecular formula is C16H17ClN4O3S. The van der Waals surface area contributed by atoms with Crippen molar-refractivity contribution < 1.29 is 13.2 Å². The van der Waals surface area contributed by atoms with Crippen molar-refractivity contribution in [3.63, 3.8) is 0 Å². The van der Waals surface area contributed by atoms with Crippen LogP contribution in [0.5, 0.6) is 0 Å². The maximum atomic E-state index is 12.1. The maximum absolute atomic E-state index is 12.1. The molecule has 1 fully saturated rings. The van der Waals surface area contributed by atoms with E-state index in [9.17, 15) is 13.2 Å². The van der Waals surface area contributed by atoms with Crippen LogP contribution in [-0.2, 0) is 16.4 Å². The van der Waals surface area contributed by atoms with Crippen molar-refractivity contribution in [3.05, 3.63) is 52.8 Å². The van der Waals surface area contributed by atoms with Gasteiger partial charge < -0.3 is 10.6 Å². The summed E-state index contributed by atoms with van der Waals surface area (Å²) in [5, 5.41) is 6.32. The van der Waals surface area contributed by atoms with Crippen molar-refractivity contribution in [1.29, 1.82) is 0 Å². The molecule has 1 amide bonds. The number of carbonyl (C=O) groups is 1. The van der Waals surface area contributed by atoms with Crippen LogP contribution in [-0.4, -0.2) is 41.8 Å². The zero-order chi connectivity index (χ0) is 17.9. The molecule has 1 atom stereocenters. The van der Waals surface area contributed by atoms with Crippen molar-refractivity contribution in [2.24, 2.45) is 0 Å². The molecule has 1 saturated heterocycles. The largest absolute Gasteiger partial charge is 0.350 e. The highest BCUT2D eigenvalue weighted by Crippen LogP contribution is 2.16. The predicted molar refractivity (Wildman–Crippen MR) is 95.3 cm³/mol. The molecule has 0 radical (unpaired) electrons. The Bertz CT molecular complexity index is 871. The van der Waals surface area contributed by atoms with Gasteiger partial charge in [0.2, 0.25) is 5.95 Å². The van der Waals surface area contributed by atoms with Gasteiger partial charge >= 0.3 is 0 Å². The van der Waals surface area contributed by atoms with Crippen LogP contribution in [0.15, 0.2) is 36.7 Å². The molecule has 9 heteroatoms. The van der Waals surface area contributed by atoms with Gasteiger partial charge in [-0.05, 0) is 18.1 Å². The molecule has 25 heavy (non-hydrogen) atoms. The van der Waals surface area contributed by atoms with Crippen molar-refractivity contribution in [3.8, 4) is 0 Å². The summed E-state index contributed by atoms with van der Waals surface area (Å²) in [5.41, 5.74) is 1.14. The summed E-state index contributed by atoms with van der Waals surface area (Å²) in [6.07, 6.45) is 3.34. The number of carbonyl (C=O) groups excluding carboxylic acids is 1. The fourth-order valence-electron chi connectivity index (χ4n) is 2.53. The van der Waals surface area contributed by atoms with Crippen LogP contribution in [0.25, 0.3) is 0 Å². The van der Waals surface area contributed by atoms with Crippen molar-refractivity contribution in [2.75, 3.05) is 16.8 Å². The Morgan fingerprint density at radius 2 is 1.96 bits per heavy atom. The lowest BCUT2D eigenvalue weighted by Gasteiger charge is -2.11. The number of rotatable bonds is 5. The SMILES string of the molecule is O=C(NCc1ccccc1Cl)c1cnc(NC2CCS(=O)(=O)C2)nc1. The Hall–Kier alpha value is -2.19. The quantitative estimate of drug-likeness (QED) is 0.818. The molecule has 3 rings (SSSR count). The summed E-state index contributed by atoms with van der Waals surface area (Å²) in [6.45, 7) is 0.304. The molecule has 0 spiro atoms. The summed E-state index contributed by atoms with van der Waals surface area (Å²) in [5.74, 6) is 0.253. The summed E-state index contributed by atoms with van der Waals surface area (Å²) in [7, 11) is -2.97. The number of sulfone groups is 1. The number of anilines is 1. The van der Waals surface area contributed by atoms with Gasteiger partial charge in [0.05, 0.1) is 17.1 Å². The number of nitrogens with zero attached hydrogens (tertiary/aromatic N) is 2. The number of benzene rings is 1. The minimum atomic E-state index is -2.97. The van der Waals surface area contributed by atoms with E-state index in [1.807, 2.05) is 18.2 Å². The molecule has 132 valence electrons. The van der Waals surface area contributed by atoms with Crippen LogP contribution in [0.2, 0.25) is 5.02 Å². The van der Waals surface area contributed by atoms with Crippen LogP contribution in [0.3, 0.4) is 0 Å². The van der Waals surface area contributed by atoms with E-state index in [4.69, 9.17) is 11.6 Å². The first-order valence-corrected chi connectivity index (χ1v) is 9.93. The topological polar surface area (TPSA) is 101 Å². The number of halogens is 1. The lowest BCUT2D eigenvalue weighted by molar-refractivity contribution is 0.0950. The molecule has 2 heterocycles. The second-order valence-electron chi connectivity index (χ2n) is 5.81. The third-order valence-corrected chi connectivity index (χ3v) is 6.01. The monoisotopic (exact) mass is 380 g/mol. The Balaban J connectivity index is 1.56. The third-order valence-electron chi connectivity index (χ3n) is 3.88. The smallest absolute Gasteiger partial charge is 0.254 e. The minimum absolute atomic E-state index is 0.0798. The number of hydrogen-bond donors (Lipinski definition) is 2. The van der Waals surface area contributed by atoms with Crippen LogP contribution in [0.4, 0.5) is 5.95 Å². The van der Waals surface area contributed by atoms with E-state index < -0.39 is 9.84 Å². The zero-order valence-electron chi connectivity index (χ0n) is 13.3. The van der Waals surface area contributed by atoms with E-state index in [0.29, 0.717) is 29.5 Å². The lowest BCUT2D eigenvalue weighted by atomic mass is 10.2. The van der Waals surface area contributed by atoms with Crippen LogP contribution >= 0.6 is 11.6 Å². The fraction of sp³-hybridized carbons (Fsp3) is 0.312. The molecule has 1 aliphatic rings. The number of aromatic nitrogens is 2. The molecule has 0 saturated carbocycles. The lowest BCUT2D eigenvalue weighted by Crippen LogP contribution is -2.24. The first kappa shape index (κ1) is 17.6. The Kier molecular flexibility index (Phi) is 5.19. The molecule has 1 aliphatic heterocycles. The highest BCUT2D eigenvalue weighted by molar-refractivity contribution is 7.91. The first-order chi connectivity index (χ1) is 11.9. The van der Waals surface area contributed by atoms with E-state index >= 15 is 0 Å². The molecule has 1 aromatic carbocycles. The third kappa shape index (κ3) is 4.67. The highest BCUT2D eigenvalue weighted by Gasteiger charge is 2.28. The van der Waals surface area contributed by atoms with Crippen molar-refractivity contribution in [1.82, 2.24) is 15.3 Å². The van der Waals surface area contributed by atoms with Crippen molar-refractivity contribution >= 4 is 33.3 Å². The van der Waals surface area contributed by atoms with Gasteiger partial charge in [0.1, 0.15) is 0 Å². The Labute approximate surface area is 150 Å². The Morgan fingerprint density at radius 1 is 1.24 bits per heavy atom. The molecule has 2 aromatic rings. The van der Waals surface area contributed by atoms with Gasteiger partial charge in [-0.15, -0.1) is 0 Å². The number of hydrogen-bond acceptors (Lipinski definition) is 6. The highest BCUT2D eigenvalue weighted by atomic mass is 35.5. The van der Waals surface area contributed by atoms with E-state index in [-0.39, 0.29) is 23.5 Å². The minimum Gasteiger partial charge on any atom is -0.350 e. The van der Waals surface area contributed by atoms with E-state index in [0.717, 1.165) is 5.56 Å². The normalized spacial score (nSPS) is 18.7. The molecule has 7 nitrogen and oxygen atoms in total. The molecular weight excluding hydrogens is 364 g/mol. The molecule has 0 aliphatic carbocycles. The van der Waals surface area contributed by atoms with E-state index in [2.05, 4.69) is 20.6 Å². The first-order valence-electron chi connectivity index (χ1n) is 7.73. The van der Waals surface area contributed by atoms with Gasteiger partial charge in [-0.2, -0.15) is 0 Å². The molecule has 1 unspecified atom stereocenters. The van der Waals surface area contributed by atoms with Gasteiger partial charge in [-0.3, -0.25) is 4.79 Å². The van der Waals surface area contributed by atoms with Crippen LogP contribution in [0, 0.1) is 0 Å². The molecule has 2 N–H and O–H groups in total. The fourth-order valence-corrected chi connectivity index (χ4v) is 4.41. The average molecular weight is 381 g/mol. The second kappa shape index (κ2) is 7.37. The average Bonchev–Trinajstić information content (AvgIpc) is 2.93. The summed E-state index contributed by atoms with van der Waals surface area (Å²) in [6, 6.07) is 7.07. The summed E-state index contributed by atoms with van der Waals surface area (Å²) in [4.78, 5) is 20.3. The van der Waals surface area contributed by atoms with E-state index in [1.165, 1.54) is 12.4 Å². The maximum Gasteiger partial charge on any atom is 0.254 e. The summed E-state index contributed by atoms with van der Waals surface area (Å²) < 4.78 is 22.9. The van der Waals surface area contributed by atoms with Gasteiger partial charge in [0.15, 0.2) is 9.84 Å².